The monoisotopic (exact) mass is 251 g/mol. The Morgan fingerprint density at radius 3 is 2.68 bits per heavy atom. The number of aryl methyl sites for hydroxylation is 2. The summed E-state index contributed by atoms with van der Waals surface area (Å²) in [6.07, 6.45) is 2.19. The Morgan fingerprint density at radius 2 is 1.89 bits per heavy atom. The molecule has 96 valence electrons. The second-order valence-corrected chi connectivity index (χ2v) is 4.86. The molecule has 1 aromatic heterocycles. The van der Waals surface area contributed by atoms with Crippen LogP contribution in [0.5, 0.6) is 0 Å². The van der Waals surface area contributed by atoms with E-state index in [2.05, 4.69) is 59.6 Å². The van der Waals surface area contributed by atoms with E-state index in [-0.39, 0.29) is 0 Å². The van der Waals surface area contributed by atoms with Gasteiger partial charge in [0.25, 0.3) is 0 Å². The van der Waals surface area contributed by atoms with E-state index in [1.165, 1.54) is 22.3 Å². The summed E-state index contributed by atoms with van der Waals surface area (Å²) in [5.41, 5.74) is 7.00. The molecule has 3 nitrogen and oxygen atoms in total. The minimum absolute atomic E-state index is 0.929. The molecule has 0 aliphatic carbocycles. The van der Waals surface area contributed by atoms with E-state index in [0.717, 1.165) is 23.9 Å². The molecule has 0 unspecified atom stereocenters. The number of nitrogens with one attached hydrogen (secondary N) is 1. The molecule has 2 aromatic carbocycles. The van der Waals surface area contributed by atoms with E-state index in [9.17, 15) is 0 Å². The molecule has 3 heteroatoms. The van der Waals surface area contributed by atoms with E-state index >= 15 is 0 Å². The van der Waals surface area contributed by atoms with Gasteiger partial charge in [-0.15, -0.1) is 0 Å². The predicted molar refractivity (Wildman–Crippen MR) is 78.1 cm³/mol. The van der Waals surface area contributed by atoms with Gasteiger partial charge in [0.1, 0.15) is 11.0 Å². The Bertz CT molecular complexity index is 713. The summed E-state index contributed by atoms with van der Waals surface area (Å²) in [5, 5.41) is 11.3. The molecule has 0 bridgehead atoms. The molecule has 1 heterocycles. The first-order valence-corrected chi connectivity index (χ1v) is 6.69. The molecule has 1 N–H and O–H groups in total. The van der Waals surface area contributed by atoms with Crippen LogP contribution in [-0.2, 0) is 6.42 Å². The summed E-state index contributed by atoms with van der Waals surface area (Å²) in [6, 6.07) is 12.7. The number of fused-ring (bicyclic) bond motifs is 1. The summed E-state index contributed by atoms with van der Waals surface area (Å²) in [7, 11) is 0. The van der Waals surface area contributed by atoms with Crippen molar-refractivity contribution in [1.82, 2.24) is 15.4 Å². The maximum Gasteiger partial charge on any atom is 0.121 e. The zero-order valence-electron chi connectivity index (χ0n) is 11.3. The summed E-state index contributed by atoms with van der Waals surface area (Å²) in [5.74, 6) is 0. The molecule has 19 heavy (non-hydrogen) atoms. The third-order valence-corrected chi connectivity index (χ3v) is 3.51. The summed E-state index contributed by atoms with van der Waals surface area (Å²) >= 11 is 0. The van der Waals surface area contributed by atoms with Gasteiger partial charge in [-0.2, -0.15) is 15.4 Å². The minimum Gasteiger partial charge on any atom is -0.197 e. The van der Waals surface area contributed by atoms with Crippen LogP contribution >= 0.6 is 0 Å². The fourth-order valence-corrected chi connectivity index (χ4v) is 2.59. The van der Waals surface area contributed by atoms with Crippen LogP contribution in [0.4, 0.5) is 0 Å². The number of rotatable bonds is 3. The zero-order chi connectivity index (χ0) is 13.2. The Morgan fingerprint density at radius 1 is 1.05 bits per heavy atom. The lowest BCUT2D eigenvalue weighted by Gasteiger charge is -2.11. The smallest absolute Gasteiger partial charge is 0.121 e. The van der Waals surface area contributed by atoms with Gasteiger partial charge >= 0.3 is 0 Å². The second kappa shape index (κ2) is 4.84. The van der Waals surface area contributed by atoms with Gasteiger partial charge in [0.2, 0.25) is 0 Å². The Balaban J connectivity index is 2.33. The van der Waals surface area contributed by atoms with Crippen LogP contribution < -0.4 is 0 Å². The number of hydrogen-bond acceptors (Lipinski definition) is 2. The highest BCUT2D eigenvalue weighted by Crippen LogP contribution is 2.32. The number of aromatic nitrogens is 3. The molecule has 3 aromatic rings. The van der Waals surface area contributed by atoms with Gasteiger partial charge in [0.05, 0.1) is 0 Å². The lowest BCUT2D eigenvalue weighted by molar-refractivity contribution is 0.924. The van der Waals surface area contributed by atoms with Crippen molar-refractivity contribution in [2.24, 2.45) is 0 Å². The SMILES string of the molecule is CCCc1ccc2n[nH]nc2c1-c1ccccc1C. The molecule has 0 saturated heterocycles. The van der Waals surface area contributed by atoms with Crippen LogP contribution in [0.1, 0.15) is 24.5 Å². The predicted octanol–water partition coefficient (Wildman–Crippen LogP) is 3.89. The number of aromatic amines is 1. The van der Waals surface area contributed by atoms with Crippen molar-refractivity contribution >= 4 is 11.0 Å². The molecular formula is C16H17N3. The molecule has 0 spiro atoms. The van der Waals surface area contributed by atoms with Crippen molar-refractivity contribution in [2.45, 2.75) is 26.7 Å². The normalized spacial score (nSPS) is 11.1. The highest BCUT2D eigenvalue weighted by molar-refractivity contribution is 5.94. The van der Waals surface area contributed by atoms with E-state index in [4.69, 9.17) is 0 Å². The lowest BCUT2D eigenvalue weighted by atomic mass is 9.93. The molecule has 0 aliphatic rings. The van der Waals surface area contributed by atoms with E-state index in [1.54, 1.807) is 0 Å². The second-order valence-electron chi connectivity index (χ2n) is 4.86. The van der Waals surface area contributed by atoms with E-state index in [1.807, 2.05) is 6.07 Å². The van der Waals surface area contributed by atoms with Crippen molar-refractivity contribution in [3.05, 3.63) is 47.5 Å². The minimum atomic E-state index is 0.929. The number of hydrogen-bond donors (Lipinski definition) is 1. The van der Waals surface area contributed by atoms with Gasteiger partial charge in [0.15, 0.2) is 0 Å². The third-order valence-electron chi connectivity index (χ3n) is 3.51. The fraction of sp³-hybridized carbons (Fsp3) is 0.250. The average molecular weight is 251 g/mol. The maximum absolute atomic E-state index is 4.34. The molecular weight excluding hydrogens is 234 g/mol. The first kappa shape index (κ1) is 11.9. The van der Waals surface area contributed by atoms with E-state index < -0.39 is 0 Å². The number of H-pyrrole nitrogens is 1. The highest BCUT2D eigenvalue weighted by Gasteiger charge is 2.13. The molecule has 0 atom stereocenters. The van der Waals surface area contributed by atoms with Crippen LogP contribution in [0.3, 0.4) is 0 Å². The zero-order valence-corrected chi connectivity index (χ0v) is 11.3. The van der Waals surface area contributed by atoms with Gasteiger partial charge < -0.3 is 0 Å². The van der Waals surface area contributed by atoms with Crippen LogP contribution in [0.15, 0.2) is 36.4 Å². The van der Waals surface area contributed by atoms with Gasteiger partial charge in [0, 0.05) is 5.56 Å². The van der Waals surface area contributed by atoms with Crippen LogP contribution in [-0.4, -0.2) is 15.4 Å². The van der Waals surface area contributed by atoms with Crippen molar-refractivity contribution < 1.29 is 0 Å². The third kappa shape index (κ3) is 2.01. The molecule has 0 fully saturated rings. The molecule has 0 saturated carbocycles. The molecule has 0 amide bonds. The highest BCUT2D eigenvalue weighted by atomic mass is 15.3. The van der Waals surface area contributed by atoms with Crippen LogP contribution in [0.2, 0.25) is 0 Å². The van der Waals surface area contributed by atoms with Gasteiger partial charge in [-0.25, -0.2) is 0 Å². The molecule has 3 rings (SSSR count). The lowest BCUT2D eigenvalue weighted by Crippen LogP contribution is -1.93. The number of nitrogens with zero attached hydrogens (tertiary/aromatic N) is 2. The van der Waals surface area contributed by atoms with Gasteiger partial charge in [-0.1, -0.05) is 43.7 Å². The van der Waals surface area contributed by atoms with Gasteiger partial charge in [-0.3, -0.25) is 0 Å². The maximum atomic E-state index is 4.34. The quantitative estimate of drug-likeness (QED) is 0.767. The van der Waals surface area contributed by atoms with Crippen LogP contribution in [0, 0.1) is 6.92 Å². The first-order valence-electron chi connectivity index (χ1n) is 6.69. The Kier molecular flexibility index (Phi) is 3.03. The first-order chi connectivity index (χ1) is 9.31. The Labute approximate surface area is 112 Å². The fourth-order valence-electron chi connectivity index (χ4n) is 2.59. The standard InChI is InChI=1S/C16H17N3/c1-3-6-12-9-10-14-16(18-19-17-14)15(12)13-8-5-4-7-11(13)2/h4-5,7-10H,3,6H2,1-2H3,(H,17,18,19). The van der Waals surface area contributed by atoms with Crippen molar-refractivity contribution in [1.29, 1.82) is 0 Å². The topological polar surface area (TPSA) is 41.6 Å². The molecule has 0 radical (unpaired) electrons. The van der Waals surface area contributed by atoms with Crippen molar-refractivity contribution in [3.8, 4) is 11.1 Å². The summed E-state index contributed by atoms with van der Waals surface area (Å²) in [6.45, 7) is 4.35. The van der Waals surface area contributed by atoms with Crippen molar-refractivity contribution in [3.63, 3.8) is 0 Å². The van der Waals surface area contributed by atoms with Crippen LogP contribution in [0.25, 0.3) is 22.2 Å². The summed E-state index contributed by atoms with van der Waals surface area (Å²) < 4.78 is 0. The number of benzene rings is 2. The van der Waals surface area contributed by atoms with Crippen molar-refractivity contribution in [2.75, 3.05) is 0 Å². The summed E-state index contributed by atoms with van der Waals surface area (Å²) in [4.78, 5) is 0. The van der Waals surface area contributed by atoms with E-state index in [0.29, 0.717) is 0 Å². The molecule has 0 aliphatic heterocycles. The Hall–Kier alpha value is -2.16. The largest absolute Gasteiger partial charge is 0.197 e. The van der Waals surface area contributed by atoms with Gasteiger partial charge in [-0.05, 0) is 36.1 Å². The average Bonchev–Trinajstić information content (AvgIpc) is 2.88.